The van der Waals surface area contributed by atoms with E-state index in [0.29, 0.717) is 30.6 Å². The summed E-state index contributed by atoms with van der Waals surface area (Å²) in [6.07, 6.45) is 6.55. The van der Waals surface area contributed by atoms with Gasteiger partial charge in [-0.1, -0.05) is 12.8 Å². The van der Waals surface area contributed by atoms with Crippen molar-refractivity contribution in [2.24, 2.45) is 11.8 Å². The van der Waals surface area contributed by atoms with Gasteiger partial charge in [-0.2, -0.15) is 0 Å². The van der Waals surface area contributed by atoms with Crippen LogP contribution in [0.1, 0.15) is 38.5 Å². The molecule has 1 aromatic rings. The fraction of sp³-hybridized carbons (Fsp3) is 0.619. The van der Waals surface area contributed by atoms with Crippen molar-refractivity contribution in [1.82, 2.24) is 9.80 Å². The van der Waals surface area contributed by atoms with Gasteiger partial charge in [0.2, 0.25) is 11.8 Å². The number of anilines is 1. The number of rotatable bonds is 5. The lowest BCUT2D eigenvalue weighted by Crippen LogP contribution is -2.57. The van der Waals surface area contributed by atoms with E-state index in [-0.39, 0.29) is 23.7 Å². The molecule has 0 spiro atoms. The van der Waals surface area contributed by atoms with Gasteiger partial charge in [0, 0.05) is 37.8 Å². The van der Waals surface area contributed by atoms with Crippen LogP contribution in [-0.2, 0) is 9.59 Å². The van der Waals surface area contributed by atoms with Gasteiger partial charge in [0.25, 0.3) is 0 Å². The SMILES string of the molecule is O=C(Nc1ccc(F)cc1)[C@H](C1CCCC1)N1CCN(C(=O)C2CC2)CC1. The molecule has 2 amide bonds. The highest BCUT2D eigenvalue weighted by Crippen LogP contribution is 2.33. The number of benzene rings is 1. The van der Waals surface area contributed by atoms with Crippen LogP contribution in [0.3, 0.4) is 0 Å². The van der Waals surface area contributed by atoms with E-state index in [9.17, 15) is 14.0 Å². The fourth-order valence-corrected chi connectivity index (χ4v) is 4.51. The van der Waals surface area contributed by atoms with Crippen LogP contribution in [0.5, 0.6) is 0 Å². The lowest BCUT2D eigenvalue weighted by molar-refractivity contribution is -0.135. The second kappa shape index (κ2) is 7.97. The molecular weight excluding hydrogens is 345 g/mol. The summed E-state index contributed by atoms with van der Waals surface area (Å²) in [5, 5.41) is 2.98. The van der Waals surface area contributed by atoms with Gasteiger partial charge in [0.05, 0.1) is 6.04 Å². The van der Waals surface area contributed by atoms with E-state index in [2.05, 4.69) is 10.2 Å². The summed E-state index contributed by atoms with van der Waals surface area (Å²) in [7, 11) is 0. The van der Waals surface area contributed by atoms with Crippen molar-refractivity contribution in [1.29, 1.82) is 0 Å². The van der Waals surface area contributed by atoms with Gasteiger partial charge in [0.1, 0.15) is 5.82 Å². The first-order valence-corrected chi connectivity index (χ1v) is 10.2. The highest BCUT2D eigenvalue weighted by molar-refractivity contribution is 5.95. The molecule has 5 nitrogen and oxygen atoms in total. The quantitative estimate of drug-likeness (QED) is 0.864. The van der Waals surface area contributed by atoms with Crippen LogP contribution in [0.2, 0.25) is 0 Å². The molecule has 1 atom stereocenters. The minimum Gasteiger partial charge on any atom is -0.340 e. The van der Waals surface area contributed by atoms with Crippen LogP contribution in [0.4, 0.5) is 10.1 Å². The molecular formula is C21H28FN3O2. The Morgan fingerprint density at radius 3 is 2.19 bits per heavy atom. The zero-order chi connectivity index (χ0) is 18.8. The number of carbonyl (C=O) groups excluding carboxylic acids is 2. The Morgan fingerprint density at radius 2 is 1.59 bits per heavy atom. The summed E-state index contributed by atoms with van der Waals surface area (Å²) in [4.78, 5) is 29.6. The molecule has 0 bridgehead atoms. The highest BCUT2D eigenvalue weighted by atomic mass is 19.1. The second-order valence-electron chi connectivity index (χ2n) is 8.12. The van der Waals surface area contributed by atoms with Crippen LogP contribution < -0.4 is 5.32 Å². The van der Waals surface area contributed by atoms with E-state index in [1.165, 1.54) is 25.0 Å². The van der Waals surface area contributed by atoms with Gasteiger partial charge in [-0.25, -0.2) is 4.39 Å². The summed E-state index contributed by atoms with van der Waals surface area (Å²) in [5.74, 6) is 0.593. The minimum atomic E-state index is -0.309. The lowest BCUT2D eigenvalue weighted by atomic mass is 9.94. The van der Waals surface area contributed by atoms with Crippen molar-refractivity contribution < 1.29 is 14.0 Å². The summed E-state index contributed by atoms with van der Waals surface area (Å²) >= 11 is 0. The number of hydrogen-bond acceptors (Lipinski definition) is 3. The van der Waals surface area contributed by atoms with Crippen LogP contribution in [0.25, 0.3) is 0 Å². The third kappa shape index (κ3) is 4.32. The van der Waals surface area contributed by atoms with Crippen molar-refractivity contribution in [3.8, 4) is 0 Å². The van der Waals surface area contributed by atoms with E-state index in [1.54, 1.807) is 12.1 Å². The molecule has 1 aromatic carbocycles. The van der Waals surface area contributed by atoms with E-state index < -0.39 is 0 Å². The Labute approximate surface area is 159 Å². The third-order valence-electron chi connectivity index (χ3n) is 6.17. The zero-order valence-corrected chi connectivity index (χ0v) is 15.7. The first-order valence-electron chi connectivity index (χ1n) is 10.2. The van der Waals surface area contributed by atoms with Crippen LogP contribution in [0, 0.1) is 17.7 Å². The lowest BCUT2D eigenvalue weighted by Gasteiger charge is -2.40. The smallest absolute Gasteiger partial charge is 0.242 e. The van der Waals surface area contributed by atoms with E-state index in [1.807, 2.05) is 4.90 Å². The van der Waals surface area contributed by atoms with Crippen molar-refractivity contribution >= 4 is 17.5 Å². The molecule has 1 heterocycles. The number of hydrogen-bond donors (Lipinski definition) is 1. The normalized spacial score (nSPS) is 22.6. The largest absolute Gasteiger partial charge is 0.340 e. The molecule has 3 aliphatic rings. The van der Waals surface area contributed by atoms with E-state index in [0.717, 1.165) is 38.8 Å². The molecule has 2 saturated carbocycles. The summed E-state index contributed by atoms with van der Waals surface area (Å²) < 4.78 is 13.1. The number of carbonyl (C=O) groups is 2. The van der Waals surface area contributed by atoms with Gasteiger partial charge < -0.3 is 10.2 Å². The maximum atomic E-state index is 13.1. The van der Waals surface area contributed by atoms with Crippen molar-refractivity contribution in [3.63, 3.8) is 0 Å². The molecule has 2 aliphatic carbocycles. The van der Waals surface area contributed by atoms with Gasteiger partial charge in [-0.15, -0.1) is 0 Å². The third-order valence-corrected chi connectivity index (χ3v) is 6.17. The Hall–Kier alpha value is -1.95. The Kier molecular flexibility index (Phi) is 5.43. The Balaban J connectivity index is 1.42. The Morgan fingerprint density at radius 1 is 0.963 bits per heavy atom. The van der Waals surface area contributed by atoms with Gasteiger partial charge in [0.15, 0.2) is 0 Å². The number of nitrogens with zero attached hydrogens (tertiary/aromatic N) is 2. The van der Waals surface area contributed by atoms with E-state index >= 15 is 0 Å². The average molecular weight is 373 g/mol. The van der Waals surface area contributed by atoms with Crippen LogP contribution in [-0.4, -0.2) is 53.8 Å². The first-order chi connectivity index (χ1) is 13.1. The topological polar surface area (TPSA) is 52.7 Å². The zero-order valence-electron chi connectivity index (χ0n) is 15.7. The van der Waals surface area contributed by atoms with Gasteiger partial charge >= 0.3 is 0 Å². The van der Waals surface area contributed by atoms with Crippen molar-refractivity contribution in [3.05, 3.63) is 30.1 Å². The second-order valence-corrected chi connectivity index (χ2v) is 8.12. The summed E-state index contributed by atoms with van der Waals surface area (Å²) in [6.45, 7) is 2.91. The Bertz CT molecular complexity index is 675. The molecule has 0 unspecified atom stereocenters. The molecule has 1 aliphatic heterocycles. The predicted molar refractivity (Wildman–Crippen MR) is 102 cm³/mol. The van der Waals surface area contributed by atoms with Crippen molar-refractivity contribution in [2.45, 2.75) is 44.6 Å². The molecule has 1 saturated heterocycles. The molecule has 4 rings (SSSR count). The number of amides is 2. The standard InChI is InChI=1S/C21H28FN3O2/c22-17-7-9-18(10-8-17)23-20(26)19(15-3-1-2-4-15)24-11-13-25(14-12-24)21(27)16-5-6-16/h7-10,15-16,19H,1-6,11-14H2,(H,23,26)/t19-/m0/s1. The first kappa shape index (κ1) is 18.4. The molecule has 27 heavy (non-hydrogen) atoms. The fourth-order valence-electron chi connectivity index (χ4n) is 4.51. The monoisotopic (exact) mass is 373 g/mol. The maximum absolute atomic E-state index is 13.1. The summed E-state index contributed by atoms with van der Waals surface area (Å²) in [5.41, 5.74) is 0.631. The molecule has 146 valence electrons. The number of piperazine rings is 1. The molecule has 1 N–H and O–H groups in total. The van der Waals surface area contributed by atoms with Gasteiger partial charge in [-0.05, 0) is 55.9 Å². The minimum absolute atomic E-state index is 0.00419. The number of nitrogens with one attached hydrogen (secondary N) is 1. The van der Waals surface area contributed by atoms with Crippen molar-refractivity contribution in [2.75, 3.05) is 31.5 Å². The van der Waals surface area contributed by atoms with E-state index in [4.69, 9.17) is 0 Å². The summed E-state index contributed by atoms with van der Waals surface area (Å²) in [6, 6.07) is 5.76. The van der Waals surface area contributed by atoms with Crippen LogP contribution >= 0.6 is 0 Å². The molecule has 3 fully saturated rings. The molecule has 0 radical (unpaired) electrons. The average Bonchev–Trinajstić information content (AvgIpc) is 3.40. The predicted octanol–water partition coefficient (Wildman–Crippen LogP) is 2.88. The molecule has 6 heteroatoms. The highest BCUT2D eigenvalue weighted by Gasteiger charge is 2.39. The van der Waals surface area contributed by atoms with Gasteiger partial charge in [-0.3, -0.25) is 14.5 Å². The number of halogens is 1. The van der Waals surface area contributed by atoms with Crippen LogP contribution in [0.15, 0.2) is 24.3 Å². The maximum Gasteiger partial charge on any atom is 0.242 e. The molecule has 0 aromatic heterocycles.